The fraction of sp³-hybridized carbons (Fsp3) is 1.00. The summed E-state index contributed by atoms with van der Waals surface area (Å²) >= 11 is 5.66. The Bertz CT molecular complexity index is 150. The second kappa shape index (κ2) is 3.46. The summed E-state index contributed by atoms with van der Waals surface area (Å²) in [5.74, 6) is -2.38. The standard InChI is InChI=1S/C8H13ClF2O/c1-7(10,11)4-8(5-9)2-3-12-6-8/h2-6H2,1H3. The zero-order valence-electron chi connectivity index (χ0n) is 7.08. The predicted octanol–water partition coefficient (Wildman–Crippen LogP) is 2.68. The summed E-state index contributed by atoms with van der Waals surface area (Å²) in [4.78, 5) is 0. The zero-order chi connectivity index (χ0) is 9.24. The fourth-order valence-electron chi connectivity index (χ4n) is 1.60. The number of alkyl halides is 3. The molecule has 12 heavy (non-hydrogen) atoms. The quantitative estimate of drug-likeness (QED) is 0.634. The van der Waals surface area contributed by atoms with Crippen LogP contribution < -0.4 is 0 Å². The van der Waals surface area contributed by atoms with E-state index in [2.05, 4.69) is 0 Å². The first-order valence-electron chi connectivity index (χ1n) is 3.99. The van der Waals surface area contributed by atoms with Crippen LogP contribution in [0.2, 0.25) is 0 Å². The number of rotatable bonds is 3. The number of hydrogen-bond acceptors (Lipinski definition) is 1. The van der Waals surface area contributed by atoms with E-state index in [1.165, 1.54) is 0 Å². The Hall–Kier alpha value is 0.110. The van der Waals surface area contributed by atoms with Gasteiger partial charge in [0.05, 0.1) is 6.61 Å². The Morgan fingerprint density at radius 2 is 2.25 bits per heavy atom. The maximum absolute atomic E-state index is 12.7. The van der Waals surface area contributed by atoms with E-state index in [0.29, 0.717) is 19.6 Å². The van der Waals surface area contributed by atoms with Crippen LogP contribution in [-0.2, 0) is 4.74 Å². The summed E-state index contributed by atoms with van der Waals surface area (Å²) in [6.45, 7) is 1.86. The number of ether oxygens (including phenoxy) is 1. The molecule has 72 valence electrons. The molecule has 1 nitrogen and oxygen atoms in total. The van der Waals surface area contributed by atoms with Crippen molar-refractivity contribution in [2.45, 2.75) is 25.7 Å². The van der Waals surface area contributed by atoms with Crippen molar-refractivity contribution in [3.05, 3.63) is 0 Å². The van der Waals surface area contributed by atoms with E-state index >= 15 is 0 Å². The zero-order valence-corrected chi connectivity index (χ0v) is 7.83. The molecule has 0 aliphatic carbocycles. The van der Waals surface area contributed by atoms with Gasteiger partial charge in [-0.15, -0.1) is 11.6 Å². The van der Waals surface area contributed by atoms with Gasteiger partial charge >= 0.3 is 0 Å². The molecular formula is C8H13ClF2O. The summed E-state index contributed by atoms with van der Waals surface area (Å²) in [6, 6.07) is 0. The Morgan fingerprint density at radius 3 is 2.58 bits per heavy atom. The van der Waals surface area contributed by atoms with Gasteiger partial charge in [-0.05, 0) is 13.3 Å². The molecule has 0 aromatic heterocycles. The highest BCUT2D eigenvalue weighted by Crippen LogP contribution is 2.39. The Morgan fingerprint density at radius 1 is 1.58 bits per heavy atom. The van der Waals surface area contributed by atoms with Crippen LogP contribution in [0.1, 0.15) is 19.8 Å². The van der Waals surface area contributed by atoms with Crippen molar-refractivity contribution in [3.8, 4) is 0 Å². The summed E-state index contributed by atoms with van der Waals surface area (Å²) in [5, 5.41) is 0. The molecule has 1 unspecified atom stereocenters. The van der Waals surface area contributed by atoms with Crippen LogP contribution in [0.4, 0.5) is 8.78 Å². The average Bonchev–Trinajstić information content (AvgIpc) is 2.34. The van der Waals surface area contributed by atoms with E-state index in [4.69, 9.17) is 16.3 Å². The lowest BCUT2D eigenvalue weighted by atomic mass is 9.83. The molecule has 0 bridgehead atoms. The number of hydrogen-bond donors (Lipinski definition) is 0. The Labute approximate surface area is 76.0 Å². The van der Waals surface area contributed by atoms with E-state index < -0.39 is 11.3 Å². The van der Waals surface area contributed by atoms with Crippen LogP contribution in [-0.4, -0.2) is 25.0 Å². The van der Waals surface area contributed by atoms with Gasteiger partial charge in [-0.2, -0.15) is 0 Å². The average molecular weight is 199 g/mol. The van der Waals surface area contributed by atoms with Crippen LogP contribution in [0.15, 0.2) is 0 Å². The molecule has 1 heterocycles. The van der Waals surface area contributed by atoms with Crippen LogP contribution in [0, 0.1) is 5.41 Å². The maximum Gasteiger partial charge on any atom is 0.246 e. The molecule has 1 aliphatic rings. The maximum atomic E-state index is 12.7. The minimum absolute atomic E-state index is 0.163. The second-order valence-electron chi connectivity index (χ2n) is 3.68. The molecule has 0 saturated carbocycles. The van der Waals surface area contributed by atoms with Crippen LogP contribution in [0.25, 0.3) is 0 Å². The van der Waals surface area contributed by atoms with Crippen molar-refractivity contribution in [3.63, 3.8) is 0 Å². The van der Waals surface area contributed by atoms with Crippen LogP contribution in [0.3, 0.4) is 0 Å². The van der Waals surface area contributed by atoms with Gasteiger partial charge in [-0.25, -0.2) is 8.78 Å². The van der Waals surface area contributed by atoms with Crippen molar-refractivity contribution < 1.29 is 13.5 Å². The minimum Gasteiger partial charge on any atom is -0.381 e. The first-order valence-corrected chi connectivity index (χ1v) is 4.52. The third-order valence-corrected chi connectivity index (χ3v) is 2.72. The highest BCUT2D eigenvalue weighted by atomic mass is 35.5. The molecular weight excluding hydrogens is 186 g/mol. The monoisotopic (exact) mass is 198 g/mol. The van der Waals surface area contributed by atoms with Crippen molar-refractivity contribution in [2.24, 2.45) is 5.41 Å². The lowest BCUT2D eigenvalue weighted by Crippen LogP contribution is -2.30. The molecule has 0 radical (unpaired) electrons. The Balaban J connectivity index is 2.55. The molecule has 1 aliphatic heterocycles. The molecule has 0 spiro atoms. The van der Waals surface area contributed by atoms with Crippen molar-refractivity contribution in [1.29, 1.82) is 0 Å². The lowest BCUT2D eigenvalue weighted by Gasteiger charge is -2.27. The summed E-state index contributed by atoms with van der Waals surface area (Å²) in [7, 11) is 0. The molecule has 0 N–H and O–H groups in total. The summed E-state index contributed by atoms with van der Waals surface area (Å²) in [5.41, 5.74) is -0.486. The van der Waals surface area contributed by atoms with Gasteiger partial charge in [0.25, 0.3) is 0 Å². The van der Waals surface area contributed by atoms with E-state index in [1.807, 2.05) is 0 Å². The van der Waals surface area contributed by atoms with Crippen LogP contribution in [0.5, 0.6) is 0 Å². The summed E-state index contributed by atoms with van der Waals surface area (Å²) < 4.78 is 30.5. The first-order chi connectivity index (χ1) is 5.47. The van der Waals surface area contributed by atoms with E-state index in [9.17, 15) is 8.78 Å². The third-order valence-electron chi connectivity index (χ3n) is 2.15. The molecule has 0 aromatic carbocycles. The minimum atomic E-state index is -2.64. The molecule has 1 fully saturated rings. The fourth-order valence-corrected chi connectivity index (χ4v) is 1.91. The molecule has 0 amide bonds. The van der Waals surface area contributed by atoms with E-state index in [1.54, 1.807) is 0 Å². The molecule has 0 aromatic rings. The first kappa shape index (κ1) is 10.2. The lowest BCUT2D eigenvalue weighted by molar-refractivity contribution is -0.0263. The van der Waals surface area contributed by atoms with Gasteiger partial charge < -0.3 is 4.74 Å². The van der Waals surface area contributed by atoms with Gasteiger partial charge in [0.1, 0.15) is 0 Å². The van der Waals surface area contributed by atoms with Crippen LogP contribution >= 0.6 is 11.6 Å². The topological polar surface area (TPSA) is 9.23 Å². The van der Waals surface area contributed by atoms with E-state index in [-0.39, 0.29) is 12.3 Å². The predicted molar refractivity (Wildman–Crippen MR) is 43.8 cm³/mol. The van der Waals surface area contributed by atoms with Crippen molar-refractivity contribution in [2.75, 3.05) is 19.1 Å². The SMILES string of the molecule is CC(F)(F)CC1(CCl)CCOC1. The molecule has 4 heteroatoms. The smallest absolute Gasteiger partial charge is 0.246 e. The molecule has 1 atom stereocenters. The second-order valence-corrected chi connectivity index (χ2v) is 3.95. The van der Waals surface area contributed by atoms with Crippen molar-refractivity contribution >= 4 is 11.6 Å². The van der Waals surface area contributed by atoms with Gasteiger partial charge in [0, 0.05) is 24.3 Å². The van der Waals surface area contributed by atoms with Gasteiger partial charge in [0.2, 0.25) is 5.92 Å². The molecule has 1 rings (SSSR count). The third kappa shape index (κ3) is 2.56. The van der Waals surface area contributed by atoms with Crippen molar-refractivity contribution in [1.82, 2.24) is 0 Å². The van der Waals surface area contributed by atoms with Gasteiger partial charge in [0.15, 0.2) is 0 Å². The highest BCUT2D eigenvalue weighted by Gasteiger charge is 2.41. The highest BCUT2D eigenvalue weighted by molar-refractivity contribution is 6.18. The largest absolute Gasteiger partial charge is 0.381 e. The number of halogens is 3. The summed E-state index contributed by atoms with van der Waals surface area (Å²) in [6.07, 6.45) is 0.490. The van der Waals surface area contributed by atoms with Gasteiger partial charge in [-0.1, -0.05) is 0 Å². The Kier molecular flexibility index (Phi) is 2.94. The normalized spacial score (nSPS) is 31.0. The van der Waals surface area contributed by atoms with Gasteiger partial charge in [-0.3, -0.25) is 0 Å². The van der Waals surface area contributed by atoms with E-state index in [0.717, 1.165) is 6.92 Å². The molecule has 1 saturated heterocycles.